The standard InChI is InChI=1S/C19H37N3O2.HI/c1-2-20-18(21-12-6-5-9-17-7-3-4-8-17)22-15-19(10-13-23)11-14-24-16-19;/h17,23H,2-16H2,1H3,(H2,20,21,22);1H. The first-order valence-corrected chi connectivity index (χ1v) is 9.99. The summed E-state index contributed by atoms with van der Waals surface area (Å²) in [6, 6.07) is 0. The van der Waals surface area contributed by atoms with Crippen LogP contribution in [0.3, 0.4) is 0 Å². The summed E-state index contributed by atoms with van der Waals surface area (Å²) in [6.45, 7) is 6.41. The van der Waals surface area contributed by atoms with E-state index in [1.807, 2.05) is 0 Å². The second kappa shape index (κ2) is 13.1. The lowest BCUT2D eigenvalue weighted by molar-refractivity contribution is 0.131. The van der Waals surface area contributed by atoms with Gasteiger partial charge in [0.05, 0.1) is 13.2 Å². The number of aliphatic hydroxyl groups excluding tert-OH is 1. The largest absolute Gasteiger partial charge is 0.396 e. The highest BCUT2D eigenvalue weighted by atomic mass is 127. The Morgan fingerprint density at radius 3 is 2.68 bits per heavy atom. The van der Waals surface area contributed by atoms with E-state index in [0.29, 0.717) is 0 Å². The molecule has 2 fully saturated rings. The van der Waals surface area contributed by atoms with Crippen molar-refractivity contribution in [1.82, 2.24) is 10.6 Å². The number of unbranched alkanes of at least 4 members (excludes halogenated alkanes) is 1. The number of aliphatic hydroxyl groups is 1. The lowest BCUT2D eigenvalue weighted by atomic mass is 9.84. The van der Waals surface area contributed by atoms with Crippen molar-refractivity contribution >= 4 is 29.9 Å². The molecule has 0 bridgehead atoms. The van der Waals surface area contributed by atoms with Crippen molar-refractivity contribution < 1.29 is 9.84 Å². The zero-order valence-electron chi connectivity index (χ0n) is 15.9. The lowest BCUT2D eigenvalue weighted by Crippen LogP contribution is -2.39. The van der Waals surface area contributed by atoms with Gasteiger partial charge in [0, 0.05) is 31.7 Å². The Balaban J connectivity index is 0.00000312. The minimum Gasteiger partial charge on any atom is -0.396 e. The smallest absolute Gasteiger partial charge is 0.191 e. The van der Waals surface area contributed by atoms with Crippen LogP contribution in [0.4, 0.5) is 0 Å². The summed E-state index contributed by atoms with van der Waals surface area (Å²) in [5.74, 6) is 1.90. The van der Waals surface area contributed by atoms with E-state index in [1.54, 1.807) is 0 Å². The molecule has 0 radical (unpaired) electrons. The van der Waals surface area contributed by atoms with Crippen molar-refractivity contribution in [2.75, 3.05) is 39.5 Å². The topological polar surface area (TPSA) is 65.9 Å². The van der Waals surface area contributed by atoms with Crippen molar-refractivity contribution in [3.05, 3.63) is 0 Å². The highest BCUT2D eigenvalue weighted by Gasteiger charge is 2.34. The van der Waals surface area contributed by atoms with Crippen LogP contribution in [0.15, 0.2) is 4.99 Å². The van der Waals surface area contributed by atoms with Crippen LogP contribution in [-0.4, -0.2) is 50.5 Å². The Bertz CT molecular complexity index is 368. The van der Waals surface area contributed by atoms with Crippen LogP contribution in [0.2, 0.25) is 0 Å². The summed E-state index contributed by atoms with van der Waals surface area (Å²) in [6.07, 6.45) is 11.5. The second-order valence-corrected chi connectivity index (χ2v) is 7.54. The molecule has 148 valence electrons. The number of rotatable bonds is 10. The van der Waals surface area contributed by atoms with Gasteiger partial charge in [0.25, 0.3) is 0 Å². The van der Waals surface area contributed by atoms with Gasteiger partial charge in [-0.2, -0.15) is 0 Å². The zero-order chi connectivity index (χ0) is 17.1. The first kappa shape index (κ1) is 23.0. The van der Waals surface area contributed by atoms with E-state index < -0.39 is 0 Å². The fraction of sp³-hybridized carbons (Fsp3) is 0.947. The number of hydrogen-bond donors (Lipinski definition) is 3. The van der Waals surface area contributed by atoms with Crippen LogP contribution in [0, 0.1) is 11.3 Å². The number of guanidine groups is 1. The molecule has 1 saturated heterocycles. The maximum Gasteiger partial charge on any atom is 0.191 e. The first-order chi connectivity index (χ1) is 11.8. The molecule has 5 nitrogen and oxygen atoms in total. The summed E-state index contributed by atoms with van der Waals surface area (Å²) < 4.78 is 5.55. The van der Waals surface area contributed by atoms with Gasteiger partial charge in [-0.25, -0.2) is 0 Å². The van der Waals surface area contributed by atoms with Gasteiger partial charge in [-0.15, -0.1) is 24.0 Å². The zero-order valence-corrected chi connectivity index (χ0v) is 18.2. The molecule has 0 aromatic heterocycles. The van der Waals surface area contributed by atoms with Gasteiger partial charge in [-0.05, 0) is 32.1 Å². The third kappa shape index (κ3) is 8.43. The molecule has 1 saturated carbocycles. The van der Waals surface area contributed by atoms with Crippen LogP contribution in [-0.2, 0) is 4.74 Å². The molecule has 0 aromatic rings. The van der Waals surface area contributed by atoms with Crippen molar-refractivity contribution in [3.8, 4) is 0 Å². The Labute approximate surface area is 170 Å². The van der Waals surface area contributed by atoms with Gasteiger partial charge in [0.1, 0.15) is 0 Å². The number of aliphatic imine (C=N–C) groups is 1. The maximum atomic E-state index is 9.32. The number of halogens is 1. The fourth-order valence-electron chi connectivity index (χ4n) is 3.94. The van der Waals surface area contributed by atoms with Crippen LogP contribution in [0.5, 0.6) is 0 Å². The summed E-state index contributed by atoms with van der Waals surface area (Å²) in [7, 11) is 0. The number of ether oxygens (including phenoxy) is 1. The number of hydrogen-bond acceptors (Lipinski definition) is 3. The van der Waals surface area contributed by atoms with Gasteiger partial charge < -0.3 is 20.5 Å². The normalized spacial score (nSPS) is 24.3. The first-order valence-electron chi connectivity index (χ1n) is 9.99. The van der Waals surface area contributed by atoms with Crippen LogP contribution < -0.4 is 10.6 Å². The summed E-state index contributed by atoms with van der Waals surface area (Å²) >= 11 is 0. The van der Waals surface area contributed by atoms with E-state index in [-0.39, 0.29) is 36.0 Å². The molecule has 0 aromatic carbocycles. The van der Waals surface area contributed by atoms with Gasteiger partial charge in [-0.3, -0.25) is 4.99 Å². The minimum absolute atomic E-state index is 0. The molecule has 2 aliphatic rings. The van der Waals surface area contributed by atoms with Crippen molar-refractivity contribution in [2.45, 2.75) is 64.7 Å². The Morgan fingerprint density at radius 2 is 2.04 bits per heavy atom. The van der Waals surface area contributed by atoms with Crippen LogP contribution >= 0.6 is 24.0 Å². The highest BCUT2D eigenvalue weighted by Crippen LogP contribution is 2.32. The summed E-state index contributed by atoms with van der Waals surface area (Å²) in [4.78, 5) is 4.76. The van der Waals surface area contributed by atoms with Gasteiger partial charge in [0.2, 0.25) is 0 Å². The van der Waals surface area contributed by atoms with Gasteiger partial charge in [-0.1, -0.05) is 38.5 Å². The second-order valence-electron chi connectivity index (χ2n) is 7.54. The van der Waals surface area contributed by atoms with Gasteiger partial charge in [0.15, 0.2) is 5.96 Å². The van der Waals surface area contributed by atoms with Crippen molar-refractivity contribution in [2.24, 2.45) is 16.3 Å². The van der Waals surface area contributed by atoms with E-state index >= 15 is 0 Å². The molecule has 1 unspecified atom stereocenters. The van der Waals surface area contributed by atoms with Crippen LogP contribution in [0.25, 0.3) is 0 Å². The Kier molecular flexibility index (Phi) is 12.1. The minimum atomic E-state index is 0. The molecule has 1 atom stereocenters. The molecule has 6 heteroatoms. The predicted molar refractivity (Wildman–Crippen MR) is 115 cm³/mol. The molecule has 3 N–H and O–H groups in total. The molecule has 1 aliphatic heterocycles. The average molecular weight is 467 g/mol. The van der Waals surface area contributed by atoms with E-state index in [1.165, 1.54) is 44.9 Å². The van der Waals surface area contributed by atoms with E-state index in [9.17, 15) is 5.11 Å². The van der Waals surface area contributed by atoms with E-state index in [4.69, 9.17) is 9.73 Å². The van der Waals surface area contributed by atoms with E-state index in [0.717, 1.165) is 57.6 Å². The maximum absolute atomic E-state index is 9.32. The van der Waals surface area contributed by atoms with Crippen molar-refractivity contribution in [3.63, 3.8) is 0 Å². The lowest BCUT2D eigenvalue weighted by Gasteiger charge is -2.24. The third-order valence-electron chi connectivity index (χ3n) is 5.55. The monoisotopic (exact) mass is 467 g/mol. The average Bonchev–Trinajstić information content (AvgIpc) is 3.25. The summed E-state index contributed by atoms with van der Waals surface area (Å²) in [5, 5.41) is 16.1. The molecule has 1 aliphatic carbocycles. The van der Waals surface area contributed by atoms with Gasteiger partial charge >= 0.3 is 0 Å². The SMILES string of the molecule is CCNC(=NCC1(CCO)CCOC1)NCCCCC1CCCC1.I. The third-order valence-corrected chi connectivity index (χ3v) is 5.55. The number of nitrogens with zero attached hydrogens (tertiary/aromatic N) is 1. The van der Waals surface area contributed by atoms with E-state index in [2.05, 4.69) is 17.6 Å². The quantitative estimate of drug-likeness (QED) is 0.200. The van der Waals surface area contributed by atoms with Crippen LogP contribution in [0.1, 0.15) is 64.7 Å². The molecule has 25 heavy (non-hydrogen) atoms. The Morgan fingerprint density at radius 1 is 1.24 bits per heavy atom. The fourth-order valence-corrected chi connectivity index (χ4v) is 3.94. The molecule has 0 amide bonds. The van der Waals surface area contributed by atoms with Crippen molar-refractivity contribution in [1.29, 1.82) is 0 Å². The molecule has 2 rings (SSSR count). The Hall–Kier alpha value is -0.0800. The predicted octanol–water partition coefficient (Wildman–Crippen LogP) is 3.31. The molecular formula is C19H38IN3O2. The molecular weight excluding hydrogens is 429 g/mol. The summed E-state index contributed by atoms with van der Waals surface area (Å²) in [5.41, 5.74) is 0.0274. The molecule has 1 heterocycles. The number of nitrogens with one attached hydrogen (secondary N) is 2. The molecule has 0 spiro atoms. The highest BCUT2D eigenvalue weighted by molar-refractivity contribution is 14.0.